The number of piperazine rings is 1. The van der Waals surface area contributed by atoms with Crippen LogP contribution in [0, 0.1) is 20.8 Å². The fourth-order valence-corrected chi connectivity index (χ4v) is 8.07. The van der Waals surface area contributed by atoms with Gasteiger partial charge in [-0.2, -0.15) is 4.31 Å². The van der Waals surface area contributed by atoms with Crippen LogP contribution in [0.5, 0.6) is 0 Å². The Hall–Kier alpha value is -2.98. The lowest BCUT2D eigenvalue weighted by molar-refractivity contribution is 0.0917. The molecule has 4 rings (SSSR count). The number of hydrogen-bond acceptors (Lipinski definition) is 10. The molecule has 15 heteroatoms. The van der Waals surface area contributed by atoms with Crippen molar-refractivity contribution in [1.29, 1.82) is 0 Å². The highest BCUT2D eigenvalue weighted by molar-refractivity contribution is 7.91. The first-order valence-corrected chi connectivity index (χ1v) is 14.9. The summed E-state index contributed by atoms with van der Waals surface area (Å²) in [5, 5.41) is 14.9. The number of thiazole rings is 2. The maximum atomic E-state index is 13.1. The van der Waals surface area contributed by atoms with E-state index in [0.29, 0.717) is 31.0 Å². The molecular weight excluding hydrogens is 550 g/mol. The maximum Gasteiger partial charge on any atom is 0.410 e. The minimum absolute atomic E-state index is 0.0223. The fraction of sp³-hybridized carbons (Fsp3) is 0.435. The molecule has 2 amide bonds. The zero-order valence-electron chi connectivity index (χ0n) is 21.4. The van der Waals surface area contributed by atoms with Crippen molar-refractivity contribution < 1.29 is 23.1 Å². The van der Waals surface area contributed by atoms with Crippen LogP contribution in [0.3, 0.4) is 0 Å². The van der Waals surface area contributed by atoms with Gasteiger partial charge in [-0.05, 0) is 39.8 Å². The Bertz CT molecular complexity index is 1450. The highest BCUT2D eigenvalue weighted by Gasteiger charge is 2.32. The van der Waals surface area contributed by atoms with Crippen molar-refractivity contribution in [3.63, 3.8) is 0 Å². The number of carbonyl (C=O) groups is 2. The summed E-state index contributed by atoms with van der Waals surface area (Å²) < 4.78 is 27.7. The molecule has 4 heterocycles. The van der Waals surface area contributed by atoms with E-state index in [1.54, 1.807) is 24.3 Å². The van der Waals surface area contributed by atoms with E-state index in [9.17, 15) is 18.0 Å². The first kappa shape index (κ1) is 28.0. The summed E-state index contributed by atoms with van der Waals surface area (Å²) >= 11 is 2.34. The number of hydrogen-bond donors (Lipinski definition) is 3. The van der Waals surface area contributed by atoms with Crippen LogP contribution in [0.2, 0.25) is 0 Å². The van der Waals surface area contributed by atoms with Crippen LogP contribution in [-0.2, 0) is 10.0 Å². The highest BCUT2D eigenvalue weighted by atomic mass is 32.2. The molecule has 12 nitrogen and oxygen atoms in total. The number of aromatic nitrogens is 3. The average Bonchev–Trinajstić information content (AvgIpc) is 3.39. The molecule has 0 spiro atoms. The van der Waals surface area contributed by atoms with Gasteiger partial charge in [0.05, 0.1) is 27.0 Å². The van der Waals surface area contributed by atoms with Gasteiger partial charge in [0.2, 0.25) is 0 Å². The first-order valence-electron chi connectivity index (χ1n) is 11.9. The van der Waals surface area contributed by atoms with E-state index in [2.05, 4.69) is 30.5 Å². The van der Waals surface area contributed by atoms with Crippen molar-refractivity contribution in [2.75, 3.05) is 38.0 Å². The maximum absolute atomic E-state index is 13.1. The van der Waals surface area contributed by atoms with Crippen LogP contribution in [0.25, 0.3) is 10.6 Å². The Morgan fingerprint density at radius 1 is 1.05 bits per heavy atom. The third-order valence-electron chi connectivity index (χ3n) is 5.90. The van der Waals surface area contributed by atoms with Gasteiger partial charge in [-0.3, -0.25) is 15.0 Å². The molecule has 0 radical (unpaired) electrons. The lowest BCUT2D eigenvalue weighted by Gasteiger charge is -2.35. The molecule has 0 saturated carbocycles. The predicted octanol–water partition coefficient (Wildman–Crippen LogP) is 2.80. The lowest BCUT2D eigenvalue weighted by atomic mass is 10.2. The first-order chi connectivity index (χ1) is 17.9. The lowest BCUT2D eigenvalue weighted by Crippen LogP contribution is -2.52. The fourth-order valence-electron chi connectivity index (χ4n) is 4.22. The summed E-state index contributed by atoms with van der Waals surface area (Å²) in [5.74, 6) is -0.272. The van der Waals surface area contributed by atoms with Crippen molar-refractivity contribution >= 4 is 49.8 Å². The molecule has 3 aromatic rings. The van der Waals surface area contributed by atoms with E-state index >= 15 is 0 Å². The third-order valence-corrected chi connectivity index (χ3v) is 10.6. The number of carboxylic acid groups (broad SMARTS) is 1. The standard InChI is InChI=1S/C23H29N7O5S3/c1-13(24-20(31)18-7-5-6-17(27-18)19-14(2)25-16(4)36-19)12-29-8-10-30(11-9-29)38(34,35)21-15(3)26-22(37-21)28-23(32)33/h5-7,13H,8-12H2,1-4H3,(H,24,31)(H,26,28)(H,32,33)/t13-/m0/s1. The number of sulfonamides is 1. The summed E-state index contributed by atoms with van der Waals surface area (Å²) in [6.45, 7) is 9.40. The van der Waals surface area contributed by atoms with Crippen LogP contribution in [0.15, 0.2) is 22.4 Å². The van der Waals surface area contributed by atoms with Crippen LogP contribution in [-0.4, -0.2) is 88.4 Å². The number of nitrogens with one attached hydrogen (secondary N) is 2. The normalized spacial score (nSPS) is 15.8. The predicted molar refractivity (Wildman–Crippen MR) is 145 cm³/mol. The second-order valence-corrected chi connectivity index (χ2v) is 13.3. The van der Waals surface area contributed by atoms with Gasteiger partial charge >= 0.3 is 6.09 Å². The minimum atomic E-state index is -3.80. The van der Waals surface area contributed by atoms with Gasteiger partial charge in [0, 0.05) is 38.8 Å². The molecule has 0 aliphatic carbocycles. The molecule has 1 aliphatic heterocycles. The van der Waals surface area contributed by atoms with Gasteiger partial charge in [0.25, 0.3) is 15.9 Å². The number of rotatable bonds is 8. The van der Waals surface area contributed by atoms with E-state index < -0.39 is 16.1 Å². The Morgan fingerprint density at radius 3 is 2.39 bits per heavy atom. The SMILES string of the molecule is Cc1nc(C)c(-c2cccc(C(=O)N[C@@H](C)CN3CCN(S(=O)(=O)c4sc(NC(=O)O)nc4C)CC3)n2)s1. The molecule has 1 saturated heterocycles. The number of carbonyl (C=O) groups excluding carboxylic acids is 1. The highest BCUT2D eigenvalue weighted by Crippen LogP contribution is 2.30. The second kappa shape index (κ2) is 11.4. The van der Waals surface area contributed by atoms with Gasteiger partial charge in [-0.15, -0.1) is 11.3 Å². The smallest absolute Gasteiger partial charge is 0.410 e. The Morgan fingerprint density at radius 2 is 1.76 bits per heavy atom. The molecule has 1 atom stereocenters. The van der Waals surface area contributed by atoms with E-state index in [0.717, 1.165) is 26.9 Å². The molecule has 3 N–H and O–H groups in total. The molecule has 204 valence electrons. The van der Waals surface area contributed by atoms with Crippen LogP contribution in [0.1, 0.15) is 33.8 Å². The largest absolute Gasteiger partial charge is 0.465 e. The van der Waals surface area contributed by atoms with Gasteiger partial charge < -0.3 is 10.4 Å². The van der Waals surface area contributed by atoms with Crippen molar-refractivity contribution in [3.8, 4) is 10.6 Å². The number of nitrogens with zero attached hydrogens (tertiary/aromatic N) is 5. The van der Waals surface area contributed by atoms with Gasteiger partial charge in [-0.1, -0.05) is 17.4 Å². The number of pyridine rings is 1. The van der Waals surface area contributed by atoms with Crippen molar-refractivity contribution in [1.82, 2.24) is 29.5 Å². The summed E-state index contributed by atoms with van der Waals surface area (Å²) in [6, 6.07) is 5.17. The van der Waals surface area contributed by atoms with Crippen molar-refractivity contribution in [3.05, 3.63) is 40.3 Å². The number of aryl methyl sites for hydroxylation is 3. The molecule has 0 aromatic carbocycles. The quantitative estimate of drug-likeness (QED) is 0.365. The minimum Gasteiger partial charge on any atom is -0.465 e. The topological polar surface area (TPSA) is 158 Å². The molecule has 1 fully saturated rings. The Labute approximate surface area is 228 Å². The molecule has 0 bridgehead atoms. The number of amides is 2. The summed E-state index contributed by atoms with van der Waals surface area (Å²) in [7, 11) is -3.80. The van der Waals surface area contributed by atoms with Crippen LogP contribution in [0.4, 0.5) is 9.93 Å². The Balaban J connectivity index is 1.32. The monoisotopic (exact) mass is 579 g/mol. The number of anilines is 1. The van der Waals surface area contributed by atoms with Crippen molar-refractivity contribution in [2.24, 2.45) is 0 Å². The molecule has 1 aliphatic rings. The van der Waals surface area contributed by atoms with Gasteiger partial charge in [0.1, 0.15) is 5.69 Å². The van der Waals surface area contributed by atoms with Crippen LogP contribution >= 0.6 is 22.7 Å². The molecular formula is C23H29N7O5S3. The molecule has 0 unspecified atom stereocenters. The van der Waals surface area contributed by atoms with Gasteiger partial charge in [-0.25, -0.2) is 28.2 Å². The second-order valence-electron chi connectivity index (χ2n) is 8.96. The summed E-state index contributed by atoms with van der Waals surface area (Å²) in [6.07, 6.45) is -1.30. The zero-order valence-corrected chi connectivity index (χ0v) is 23.8. The van der Waals surface area contributed by atoms with Crippen molar-refractivity contribution in [2.45, 2.75) is 37.9 Å². The van der Waals surface area contributed by atoms with E-state index in [4.69, 9.17) is 5.11 Å². The molecule has 3 aromatic heterocycles. The Kier molecular flexibility index (Phi) is 8.42. The van der Waals surface area contributed by atoms with Crippen LogP contribution < -0.4 is 10.6 Å². The molecule has 38 heavy (non-hydrogen) atoms. The summed E-state index contributed by atoms with van der Waals surface area (Å²) in [5.41, 5.74) is 2.19. The van der Waals surface area contributed by atoms with E-state index in [-0.39, 0.29) is 40.1 Å². The van der Waals surface area contributed by atoms with Gasteiger partial charge in [0.15, 0.2) is 9.34 Å². The third kappa shape index (κ3) is 6.35. The van der Waals surface area contributed by atoms with E-state index in [1.165, 1.54) is 4.31 Å². The van der Waals surface area contributed by atoms with E-state index in [1.807, 2.05) is 32.9 Å². The average molecular weight is 580 g/mol. The zero-order chi connectivity index (χ0) is 27.6. The summed E-state index contributed by atoms with van der Waals surface area (Å²) in [4.78, 5) is 39.8.